The maximum Gasteiger partial charge on any atom is 0.338 e. The summed E-state index contributed by atoms with van der Waals surface area (Å²) in [6, 6.07) is 10.1. The van der Waals surface area contributed by atoms with Gasteiger partial charge in [0.2, 0.25) is 0 Å². The molecule has 0 fully saturated rings. The van der Waals surface area contributed by atoms with Gasteiger partial charge < -0.3 is 15.0 Å². The van der Waals surface area contributed by atoms with Crippen LogP contribution in [0.3, 0.4) is 0 Å². The summed E-state index contributed by atoms with van der Waals surface area (Å²) in [6.45, 7) is 11.6. The number of ether oxygens (including phenoxy) is 1. The van der Waals surface area contributed by atoms with Gasteiger partial charge in [0.05, 0.1) is 23.1 Å². The van der Waals surface area contributed by atoms with Gasteiger partial charge in [0, 0.05) is 18.4 Å². The van der Waals surface area contributed by atoms with Crippen LogP contribution in [-0.4, -0.2) is 38.1 Å². The second-order valence-corrected chi connectivity index (χ2v) is 11.4. The first-order chi connectivity index (χ1) is 16.3. The van der Waals surface area contributed by atoms with Gasteiger partial charge in [0.25, 0.3) is 10.0 Å². The molecule has 1 atom stereocenters. The maximum atomic E-state index is 13.1. The van der Waals surface area contributed by atoms with Crippen LogP contribution in [0.25, 0.3) is 0 Å². The Morgan fingerprint density at radius 2 is 1.69 bits per heavy atom. The summed E-state index contributed by atoms with van der Waals surface area (Å²) >= 11 is 5.45. The monoisotopic (exact) mass is 515 g/mol. The normalized spacial score (nSPS) is 16.4. The molecule has 0 aliphatic carbocycles. The molecular weight excluding hydrogens is 482 g/mol. The van der Waals surface area contributed by atoms with Crippen LogP contribution >= 0.6 is 12.2 Å². The van der Waals surface area contributed by atoms with Crippen molar-refractivity contribution in [2.75, 3.05) is 18.4 Å². The zero-order chi connectivity index (χ0) is 26.1. The number of carbonyl (C=O) groups is 1. The highest BCUT2D eigenvalue weighted by molar-refractivity contribution is 7.92. The van der Waals surface area contributed by atoms with Gasteiger partial charge in [-0.3, -0.25) is 4.72 Å². The smallest absolute Gasteiger partial charge is 0.338 e. The molecule has 1 aliphatic heterocycles. The van der Waals surface area contributed by atoms with Crippen LogP contribution in [0.1, 0.15) is 49.1 Å². The number of hydrogen-bond donors (Lipinski definition) is 2. The number of anilines is 1. The highest BCUT2D eigenvalue weighted by Crippen LogP contribution is 2.32. The highest BCUT2D eigenvalue weighted by atomic mass is 32.2. The van der Waals surface area contributed by atoms with E-state index >= 15 is 0 Å². The number of sulfonamides is 1. The van der Waals surface area contributed by atoms with Crippen molar-refractivity contribution in [2.45, 2.75) is 52.5 Å². The van der Waals surface area contributed by atoms with Crippen molar-refractivity contribution < 1.29 is 17.9 Å². The first-order valence-corrected chi connectivity index (χ1v) is 13.3. The number of carbonyl (C=O) groups excluding carboxylic acids is 1. The Morgan fingerprint density at radius 3 is 2.23 bits per heavy atom. The summed E-state index contributed by atoms with van der Waals surface area (Å²) in [5.41, 5.74) is 4.78. The number of benzene rings is 2. The molecule has 0 amide bonds. The first-order valence-electron chi connectivity index (χ1n) is 11.4. The van der Waals surface area contributed by atoms with Gasteiger partial charge in [-0.15, -0.1) is 0 Å². The molecule has 2 N–H and O–H groups in total. The number of esters is 1. The molecule has 3 rings (SSSR count). The molecule has 35 heavy (non-hydrogen) atoms. The number of rotatable bonds is 7. The van der Waals surface area contributed by atoms with E-state index in [0.29, 0.717) is 39.8 Å². The Labute approximate surface area is 213 Å². The van der Waals surface area contributed by atoms with Gasteiger partial charge in [0.1, 0.15) is 0 Å². The third kappa shape index (κ3) is 5.85. The quantitative estimate of drug-likeness (QED) is 0.407. The molecular formula is C26H33N3O4S2. The molecule has 1 heterocycles. The molecule has 0 aromatic heterocycles. The van der Waals surface area contributed by atoms with Gasteiger partial charge in [-0.25, -0.2) is 13.2 Å². The molecule has 1 unspecified atom stereocenters. The Kier molecular flexibility index (Phi) is 7.91. The van der Waals surface area contributed by atoms with Crippen molar-refractivity contribution in [1.29, 1.82) is 0 Å². The molecule has 0 saturated carbocycles. The molecule has 0 radical (unpaired) electrons. The Balaban J connectivity index is 1.90. The summed E-state index contributed by atoms with van der Waals surface area (Å²) in [5.74, 6) is -0.195. The lowest BCUT2D eigenvalue weighted by molar-refractivity contribution is -0.140. The molecule has 0 saturated heterocycles. The van der Waals surface area contributed by atoms with E-state index in [1.54, 1.807) is 50.1 Å². The fourth-order valence-electron chi connectivity index (χ4n) is 4.21. The third-order valence-electron chi connectivity index (χ3n) is 5.89. The fraction of sp³-hybridized carbons (Fsp3) is 0.385. The SMILES string of the molecule is CC1=C(C(=O)OCC(C)C)C(c2ccc(NS(=O)(=O)c3c(C)cc(C)cc3C)cc2)NC(=S)N1C. The molecule has 9 heteroatoms. The van der Waals surface area contributed by atoms with Crippen LogP contribution in [0.5, 0.6) is 0 Å². The summed E-state index contributed by atoms with van der Waals surface area (Å²) in [7, 11) is -1.98. The van der Waals surface area contributed by atoms with Crippen molar-refractivity contribution in [3.8, 4) is 0 Å². The van der Waals surface area contributed by atoms with E-state index in [2.05, 4.69) is 10.0 Å². The number of nitrogens with one attached hydrogen (secondary N) is 2. The predicted molar refractivity (Wildman–Crippen MR) is 143 cm³/mol. The van der Waals surface area contributed by atoms with Crippen LogP contribution in [0.4, 0.5) is 5.69 Å². The Bertz CT molecular complexity index is 1260. The predicted octanol–water partition coefficient (Wildman–Crippen LogP) is 4.75. The van der Waals surface area contributed by atoms with Gasteiger partial charge in [-0.05, 0) is 74.7 Å². The summed E-state index contributed by atoms with van der Waals surface area (Å²) in [4.78, 5) is 15.0. The average Bonchev–Trinajstić information content (AvgIpc) is 2.75. The minimum absolute atomic E-state index is 0.210. The zero-order valence-electron chi connectivity index (χ0n) is 21.2. The van der Waals surface area contributed by atoms with E-state index in [-0.39, 0.29) is 10.8 Å². The second-order valence-electron chi connectivity index (χ2n) is 9.39. The second kappa shape index (κ2) is 10.4. The molecule has 2 aromatic carbocycles. The van der Waals surface area contributed by atoms with Crippen molar-refractivity contribution >= 4 is 39.0 Å². The fourth-order valence-corrected chi connectivity index (χ4v) is 5.98. The molecule has 0 spiro atoms. The van der Waals surface area contributed by atoms with E-state index in [0.717, 1.165) is 11.1 Å². The van der Waals surface area contributed by atoms with E-state index in [4.69, 9.17) is 17.0 Å². The number of nitrogens with zero attached hydrogens (tertiary/aromatic N) is 1. The standard InChI is InChI=1S/C26H33N3O4S2/c1-15(2)14-33-25(30)22-19(6)29(7)26(34)27-23(22)20-8-10-21(11-9-20)28-35(31,32)24-17(4)12-16(3)13-18(24)5/h8-13,15,23,28H,14H2,1-7H3,(H,27,34). The van der Waals surface area contributed by atoms with Crippen molar-refractivity contribution in [3.05, 3.63) is 69.9 Å². The number of allylic oxidation sites excluding steroid dienone is 1. The molecule has 188 valence electrons. The molecule has 7 nitrogen and oxygen atoms in total. The number of aryl methyl sites for hydroxylation is 3. The van der Waals surface area contributed by atoms with E-state index in [9.17, 15) is 13.2 Å². The van der Waals surface area contributed by atoms with E-state index < -0.39 is 22.0 Å². The lowest BCUT2D eigenvalue weighted by Crippen LogP contribution is -2.46. The lowest BCUT2D eigenvalue weighted by atomic mass is 9.95. The topological polar surface area (TPSA) is 87.7 Å². The van der Waals surface area contributed by atoms with Crippen molar-refractivity contribution in [2.24, 2.45) is 5.92 Å². The summed E-state index contributed by atoms with van der Waals surface area (Å²) in [6.07, 6.45) is 0. The molecule has 2 aromatic rings. The first kappa shape index (κ1) is 26.7. The van der Waals surface area contributed by atoms with E-state index in [1.165, 1.54) is 0 Å². The van der Waals surface area contributed by atoms with Crippen molar-refractivity contribution in [1.82, 2.24) is 10.2 Å². The van der Waals surface area contributed by atoms with Gasteiger partial charge >= 0.3 is 5.97 Å². The number of hydrogen-bond acceptors (Lipinski definition) is 5. The molecule has 1 aliphatic rings. The maximum absolute atomic E-state index is 13.1. The third-order valence-corrected chi connectivity index (χ3v) is 7.97. The van der Waals surface area contributed by atoms with Crippen LogP contribution in [0.2, 0.25) is 0 Å². The largest absolute Gasteiger partial charge is 0.462 e. The Hall–Kier alpha value is -2.91. The minimum atomic E-state index is -3.77. The number of thiocarbonyl (C=S) groups is 1. The van der Waals surface area contributed by atoms with Crippen LogP contribution < -0.4 is 10.0 Å². The van der Waals surface area contributed by atoms with Gasteiger partial charge in [-0.2, -0.15) is 0 Å². The summed E-state index contributed by atoms with van der Waals surface area (Å²) < 4.78 is 34.4. The van der Waals surface area contributed by atoms with Crippen molar-refractivity contribution in [3.63, 3.8) is 0 Å². The van der Waals surface area contributed by atoms with Gasteiger partial charge in [0.15, 0.2) is 5.11 Å². The molecule has 0 bridgehead atoms. The van der Waals surface area contributed by atoms with Crippen LogP contribution in [0.15, 0.2) is 52.6 Å². The lowest BCUT2D eigenvalue weighted by Gasteiger charge is -2.35. The average molecular weight is 516 g/mol. The summed E-state index contributed by atoms with van der Waals surface area (Å²) in [5, 5.41) is 3.69. The zero-order valence-corrected chi connectivity index (χ0v) is 22.9. The Morgan fingerprint density at radius 1 is 1.11 bits per heavy atom. The van der Waals surface area contributed by atoms with E-state index in [1.807, 2.05) is 39.8 Å². The van der Waals surface area contributed by atoms with Crippen LogP contribution in [-0.2, 0) is 19.6 Å². The van der Waals surface area contributed by atoms with Crippen LogP contribution in [0, 0.1) is 26.7 Å². The minimum Gasteiger partial charge on any atom is -0.462 e. The highest BCUT2D eigenvalue weighted by Gasteiger charge is 2.33. The van der Waals surface area contributed by atoms with Gasteiger partial charge in [-0.1, -0.05) is 43.7 Å².